The molecule has 12 heteroatoms. The first-order valence-corrected chi connectivity index (χ1v) is 12.1. The van der Waals surface area contributed by atoms with Crippen LogP contribution >= 0.6 is 11.3 Å². The number of rotatable bonds is 6. The van der Waals surface area contributed by atoms with Crippen molar-refractivity contribution in [1.29, 1.82) is 0 Å². The molecule has 0 atom stereocenters. The lowest BCUT2D eigenvalue weighted by atomic mass is 10.2. The van der Waals surface area contributed by atoms with Crippen LogP contribution in [0.2, 0.25) is 0 Å². The van der Waals surface area contributed by atoms with Gasteiger partial charge in [0.15, 0.2) is 11.6 Å². The lowest BCUT2D eigenvalue weighted by Crippen LogP contribution is -2.49. The van der Waals surface area contributed by atoms with E-state index >= 15 is 0 Å². The third kappa shape index (κ3) is 4.80. The van der Waals surface area contributed by atoms with Crippen molar-refractivity contribution in [3.63, 3.8) is 0 Å². The van der Waals surface area contributed by atoms with E-state index in [0.717, 1.165) is 54.3 Å². The van der Waals surface area contributed by atoms with Gasteiger partial charge in [-0.05, 0) is 6.07 Å². The summed E-state index contributed by atoms with van der Waals surface area (Å²) in [7, 11) is 1.53. The first kappa shape index (κ1) is 22.8. The number of thiophene rings is 1. The van der Waals surface area contributed by atoms with E-state index in [1.54, 1.807) is 28.6 Å². The van der Waals surface area contributed by atoms with E-state index in [9.17, 15) is 4.79 Å². The second-order valence-electron chi connectivity index (χ2n) is 8.17. The lowest BCUT2D eigenvalue weighted by molar-refractivity contribution is -0.135. The number of carbonyl (C=O) groups excluding carboxylic acids is 1. The molecule has 0 saturated carbocycles. The maximum absolute atomic E-state index is 11.7. The summed E-state index contributed by atoms with van der Waals surface area (Å²) in [6.07, 6.45) is 3.35. The Morgan fingerprint density at radius 3 is 2.53 bits per heavy atom. The topological polar surface area (TPSA) is 117 Å². The van der Waals surface area contributed by atoms with Gasteiger partial charge in [-0.2, -0.15) is 0 Å². The zero-order valence-corrected chi connectivity index (χ0v) is 19.8. The first-order valence-electron chi connectivity index (χ1n) is 11.2. The Hall–Kier alpha value is -2.93. The monoisotopic (exact) mass is 485 g/mol. The number of hydrogen-bond acceptors (Lipinski definition) is 11. The Balaban J connectivity index is 1.43. The van der Waals surface area contributed by atoms with Gasteiger partial charge in [-0.1, -0.05) is 0 Å². The molecule has 2 aliphatic heterocycles. The molecule has 3 aromatic rings. The van der Waals surface area contributed by atoms with E-state index in [2.05, 4.69) is 25.8 Å². The number of aromatic nitrogens is 4. The summed E-state index contributed by atoms with van der Waals surface area (Å²) in [5.74, 6) is 1.29. The Bertz CT molecular complexity index is 1140. The molecule has 34 heavy (non-hydrogen) atoms. The highest BCUT2D eigenvalue weighted by molar-refractivity contribution is 7.19. The van der Waals surface area contributed by atoms with Crippen LogP contribution in [0.1, 0.15) is 4.88 Å². The highest BCUT2D eigenvalue weighted by Gasteiger charge is 2.23. The predicted molar refractivity (Wildman–Crippen MR) is 127 cm³/mol. The van der Waals surface area contributed by atoms with Gasteiger partial charge in [0, 0.05) is 63.1 Å². The lowest BCUT2D eigenvalue weighted by Gasteiger charge is -2.34. The van der Waals surface area contributed by atoms with Crippen LogP contribution in [-0.2, 0) is 16.1 Å². The minimum atomic E-state index is -0.430. The Kier molecular flexibility index (Phi) is 6.81. The van der Waals surface area contributed by atoms with Gasteiger partial charge in [0.1, 0.15) is 6.61 Å². The van der Waals surface area contributed by atoms with Crippen LogP contribution in [0.15, 0.2) is 18.5 Å². The van der Waals surface area contributed by atoms with Crippen molar-refractivity contribution < 1.29 is 19.4 Å². The summed E-state index contributed by atoms with van der Waals surface area (Å²) in [4.78, 5) is 37.4. The number of aliphatic hydroxyl groups is 1. The highest BCUT2D eigenvalue weighted by atomic mass is 32.1. The molecule has 0 unspecified atom stereocenters. The number of morpholine rings is 1. The predicted octanol–water partition coefficient (Wildman–Crippen LogP) is 0.630. The van der Waals surface area contributed by atoms with Crippen LogP contribution in [-0.4, -0.2) is 107 Å². The van der Waals surface area contributed by atoms with Gasteiger partial charge < -0.3 is 24.4 Å². The molecule has 0 aromatic carbocycles. The van der Waals surface area contributed by atoms with Crippen LogP contribution in [0.5, 0.6) is 6.01 Å². The van der Waals surface area contributed by atoms with Crippen LogP contribution < -0.4 is 9.64 Å². The number of methoxy groups -OCH3 is 1. The molecule has 5 rings (SSSR count). The van der Waals surface area contributed by atoms with Crippen molar-refractivity contribution in [2.45, 2.75) is 6.54 Å². The van der Waals surface area contributed by atoms with E-state index in [1.807, 2.05) is 0 Å². The molecular formula is C22H27N7O4S. The average molecular weight is 486 g/mol. The van der Waals surface area contributed by atoms with Crippen molar-refractivity contribution in [3.05, 3.63) is 23.3 Å². The summed E-state index contributed by atoms with van der Waals surface area (Å²) in [6.45, 7) is 6.05. The van der Waals surface area contributed by atoms with E-state index in [0.29, 0.717) is 38.1 Å². The average Bonchev–Trinajstić information content (AvgIpc) is 3.31. The van der Waals surface area contributed by atoms with Crippen molar-refractivity contribution in [3.8, 4) is 17.4 Å². The molecule has 0 radical (unpaired) electrons. The van der Waals surface area contributed by atoms with E-state index in [4.69, 9.17) is 24.5 Å². The molecule has 0 spiro atoms. The van der Waals surface area contributed by atoms with Crippen LogP contribution in [0.4, 0.5) is 5.82 Å². The fourth-order valence-corrected chi connectivity index (χ4v) is 5.33. The van der Waals surface area contributed by atoms with E-state index in [1.165, 1.54) is 12.0 Å². The molecule has 1 N–H and O–H groups in total. The second-order valence-corrected chi connectivity index (χ2v) is 9.31. The summed E-state index contributed by atoms with van der Waals surface area (Å²) >= 11 is 1.71. The van der Waals surface area contributed by atoms with Gasteiger partial charge in [-0.15, -0.1) is 11.3 Å². The molecule has 2 fully saturated rings. The minimum absolute atomic E-state index is 0.206. The maximum Gasteiger partial charge on any atom is 0.316 e. The molecule has 3 aromatic heterocycles. The number of piperazine rings is 1. The number of fused-ring (bicyclic) bond motifs is 1. The van der Waals surface area contributed by atoms with Gasteiger partial charge in [0.25, 0.3) is 0 Å². The van der Waals surface area contributed by atoms with Gasteiger partial charge in [0.05, 0.1) is 36.1 Å². The summed E-state index contributed by atoms with van der Waals surface area (Å²) in [6, 6.07) is 2.43. The maximum atomic E-state index is 11.7. The molecule has 11 nitrogen and oxygen atoms in total. The summed E-state index contributed by atoms with van der Waals surface area (Å²) in [5, 5.41) is 9.09. The largest absolute Gasteiger partial charge is 0.467 e. The minimum Gasteiger partial charge on any atom is -0.467 e. The van der Waals surface area contributed by atoms with E-state index in [-0.39, 0.29) is 5.91 Å². The van der Waals surface area contributed by atoms with E-state index < -0.39 is 6.61 Å². The SMILES string of the molecule is COc1ncc(-c2nc(N3CCOCC3)c3sc(CN4CCN(C(=O)CO)CC4)cc3n2)cn1. The number of hydrogen-bond donors (Lipinski definition) is 1. The molecule has 0 bridgehead atoms. The standard InChI is InChI=1S/C22H27N7O4S/c1-32-22-23-11-15(12-24-22)20-25-17-10-16(13-27-2-4-28(5-3-27)18(31)14-30)34-19(17)21(26-20)29-6-8-33-9-7-29/h10-12,30H,2-9,13-14H2,1H3. The highest BCUT2D eigenvalue weighted by Crippen LogP contribution is 2.35. The number of nitrogens with zero attached hydrogens (tertiary/aromatic N) is 7. The van der Waals surface area contributed by atoms with Gasteiger partial charge in [0.2, 0.25) is 5.91 Å². The first-order chi connectivity index (χ1) is 16.6. The molecule has 2 saturated heterocycles. The fourth-order valence-electron chi connectivity index (χ4n) is 4.17. The smallest absolute Gasteiger partial charge is 0.316 e. The summed E-state index contributed by atoms with van der Waals surface area (Å²) in [5.41, 5.74) is 1.63. The third-order valence-corrected chi connectivity index (χ3v) is 7.13. The normalized spacial score (nSPS) is 17.4. The van der Waals surface area contributed by atoms with Crippen molar-refractivity contribution >= 4 is 33.3 Å². The molecule has 0 aliphatic carbocycles. The third-order valence-electron chi connectivity index (χ3n) is 6.02. The van der Waals surface area contributed by atoms with Crippen molar-refractivity contribution in [1.82, 2.24) is 29.7 Å². The number of anilines is 1. The van der Waals surface area contributed by atoms with Gasteiger partial charge >= 0.3 is 6.01 Å². The quantitative estimate of drug-likeness (QED) is 0.533. The zero-order chi connectivity index (χ0) is 23.5. The van der Waals surface area contributed by atoms with Gasteiger partial charge in [-0.3, -0.25) is 9.69 Å². The number of ether oxygens (including phenoxy) is 2. The Morgan fingerprint density at radius 1 is 1.12 bits per heavy atom. The molecule has 1 amide bonds. The van der Waals surface area contributed by atoms with Gasteiger partial charge in [-0.25, -0.2) is 19.9 Å². The molecule has 2 aliphatic rings. The molecular weight excluding hydrogens is 458 g/mol. The Labute approximate surface area is 201 Å². The number of aliphatic hydroxyl groups excluding tert-OH is 1. The zero-order valence-electron chi connectivity index (χ0n) is 19.0. The second kappa shape index (κ2) is 10.1. The fraction of sp³-hybridized carbons (Fsp3) is 0.500. The van der Waals surface area contributed by atoms with Crippen LogP contribution in [0.3, 0.4) is 0 Å². The number of amides is 1. The Morgan fingerprint density at radius 2 is 1.85 bits per heavy atom. The molecule has 5 heterocycles. The number of carbonyl (C=O) groups is 1. The van der Waals surface area contributed by atoms with Crippen molar-refractivity contribution in [2.24, 2.45) is 0 Å². The summed E-state index contributed by atoms with van der Waals surface area (Å²) < 4.78 is 11.7. The van der Waals surface area contributed by atoms with Crippen LogP contribution in [0, 0.1) is 0 Å². The molecule has 180 valence electrons. The van der Waals surface area contributed by atoms with Crippen LogP contribution in [0.25, 0.3) is 21.6 Å². The van der Waals surface area contributed by atoms with Crippen molar-refractivity contribution in [2.75, 3.05) is 71.1 Å².